The van der Waals surface area contributed by atoms with Gasteiger partial charge in [-0.3, -0.25) is 9.78 Å². The van der Waals surface area contributed by atoms with Crippen LogP contribution in [0.1, 0.15) is 24.5 Å². The number of piperazine rings is 1. The first-order chi connectivity index (χ1) is 22.5. The summed E-state index contributed by atoms with van der Waals surface area (Å²) in [6.07, 6.45) is 4.59. The van der Waals surface area contributed by atoms with Crippen LogP contribution in [0.15, 0.2) is 78.1 Å². The molecule has 4 aromatic rings. The minimum absolute atomic E-state index is 0.0145. The topological polar surface area (TPSA) is 155 Å². The molecule has 15 heteroatoms. The molecule has 2 fully saturated rings. The lowest BCUT2D eigenvalue weighted by Crippen LogP contribution is -2.58. The molecule has 0 saturated carbocycles. The molecule has 2 aromatic heterocycles. The second-order valence-corrected chi connectivity index (χ2v) is 13.0. The first kappa shape index (κ1) is 34.0. The average molecular weight is 670 g/mol. The number of pyridine rings is 1. The van der Waals surface area contributed by atoms with Gasteiger partial charge in [0.05, 0.1) is 36.0 Å². The zero-order valence-electron chi connectivity index (χ0n) is 25.9. The van der Waals surface area contributed by atoms with Crippen molar-refractivity contribution < 1.29 is 31.8 Å². The van der Waals surface area contributed by atoms with Gasteiger partial charge >= 0.3 is 5.97 Å². The number of rotatable bonds is 8. The molecule has 0 radical (unpaired) electrons. The molecule has 0 amide bonds. The Labute approximate surface area is 271 Å². The van der Waals surface area contributed by atoms with Crippen LogP contribution >= 0.6 is 0 Å². The number of hydrogen-bond acceptors (Lipinski definition) is 10. The Morgan fingerprint density at radius 1 is 0.979 bits per heavy atom. The fraction of sp³-hybridized carbons (Fsp3) is 0.375. The molecule has 2 aromatic carbocycles. The van der Waals surface area contributed by atoms with E-state index in [-0.39, 0.29) is 30.0 Å². The maximum absolute atomic E-state index is 13.4. The molecule has 2 aliphatic rings. The highest BCUT2D eigenvalue weighted by atomic mass is 32.2. The number of benzene rings is 2. The van der Waals surface area contributed by atoms with Gasteiger partial charge in [0.15, 0.2) is 0 Å². The zero-order valence-corrected chi connectivity index (χ0v) is 26.7. The molecule has 3 N–H and O–H groups in total. The smallest absolute Gasteiger partial charge is 0.323 e. The van der Waals surface area contributed by atoms with Crippen molar-refractivity contribution in [2.75, 3.05) is 55.7 Å². The van der Waals surface area contributed by atoms with Crippen LogP contribution in [0.25, 0.3) is 11.0 Å². The summed E-state index contributed by atoms with van der Waals surface area (Å²) in [5.74, 6) is -3.43. The third-order valence-electron chi connectivity index (χ3n) is 8.15. The van der Waals surface area contributed by atoms with Crippen molar-refractivity contribution in [3.05, 3.63) is 84.3 Å². The summed E-state index contributed by atoms with van der Waals surface area (Å²) in [5, 5.41) is 9.87. The van der Waals surface area contributed by atoms with E-state index in [1.807, 2.05) is 0 Å². The van der Waals surface area contributed by atoms with Gasteiger partial charge in [0.2, 0.25) is 10.0 Å². The SMILES string of the molecule is CCC(F)(F)c1ccc(CN)cc1.O=C(O)[C@H]1CN(c2cnc3cnccc3n2)CCN1S(=O)(=O)c1ccc(N2CCOCC2)cc1. The molecule has 12 nitrogen and oxygen atoms in total. The number of carboxylic acids is 1. The van der Waals surface area contributed by atoms with Gasteiger partial charge in [-0.1, -0.05) is 31.2 Å². The number of sulfonamides is 1. The van der Waals surface area contributed by atoms with Crippen molar-refractivity contribution in [1.82, 2.24) is 19.3 Å². The van der Waals surface area contributed by atoms with Crippen LogP contribution in [0.4, 0.5) is 20.3 Å². The Hall–Kier alpha value is -4.31. The molecule has 47 heavy (non-hydrogen) atoms. The molecular weight excluding hydrogens is 632 g/mol. The molecule has 2 aliphatic heterocycles. The fourth-order valence-electron chi connectivity index (χ4n) is 5.34. The fourth-order valence-corrected chi connectivity index (χ4v) is 6.91. The number of anilines is 2. The van der Waals surface area contributed by atoms with Crippen LogP contribution < -0.4 is 15.5 Å². The minimum atomic E-state index is -4.01. The van der Waals surface area contributed by atoms with Crippen LogP contribution in [0, 0.1) is 0 Å². The number of nitrogens with two attached hydrogens (primary N) is 1. The van der Waals surface area contributed by atoms with Gasteiger partial charge in [-0.15, -0.1) is 0 Å². The number of carboxylic acid groups (broad SMARTS) is 1. The Bertz CT molecular complexity index is 1770. The summed E-state index contributed by atoms with van der Waals surface area (Å²) in [6, 6.07) is 13.2. The lowest BCUT2D eigenvalue weighted by atomic mass is 10.0. The summed E-state index contributed by atoms with van der Waals surface area (Å²) in [4.78, 5) is 28.9. The lowest BCUT2D eigenvalue weighted by Gasteiger charge is -2.38. The monoisotopic (exact) mass is 669 g/mol. The number of nitrogens with zero attached hydrogens (tertiary/aromatic N) is 6. The van der Waals surface area contributed by atoms with Crippen LogP contribution in [0.3, 0.4) is 0 Å². The average Bonchev–Trinajstić information content (AvgIpc) is 3.11. The maximum atomic E-state index is 13.4. The summed E-state index contributed by atoms with van der Waals surface area (Å²) in [6.45, 7) is 4.86. The molecule has 0 unspecified atom stereocenters. The zero-order chi connectivity index (χ0) is 33.6. The van der Waals surface area contributed by atoms with Crippen LogP contribution in [-0.4, -0.2) is 90.7 Å². The van der Waals surface area contributed by atoms with E-state index in [4.69, 9.17) is 10.5 Å². The Balaban J connectivity index is 0.000000281. The van der Waals surface area contributed by atoms with Crippen molar-refractivity contribution in [2.24, 2.45) is 5.73 Å². The van der Waals surface area contributed by atoms with E-state index in [0.717, 1.165) is 28.6 Å². The van der Waals surface area contributed by atoms with Gasteiger partial charge in [0, 0.05) is 63.1 Å². The van der Waals surface area contributed by atoms with Crippen molar-refractivity contribution in [2.45, 2.75) is 36.7 Å². The van der Waals surface area contributed by atoms with E-state index < -0.39 is 28.0 Å². The molecular formula is C32H37F2N7O5S. The van der Waals surface area contributed by atoms with E-state index in [2.05, 4.69) is 19.9 Å². The molecule has 250 valence electrons. The van der Waals surface area contributed by atoms with Gasteiger partial charge in [0.1, 0.15) is 17.4 Å². The number of halogens is 2. The van der Waals surface area contributed by atoms with Crippen molar-refractivity contribution in [3.63, 3.8) is 0 Å². The summed E-state index contributed by atoms with van der Waals surface area (Å²) in [7, 11) is -4.01. The van der Waals surface area contributed by atoms with Gasteiger partial charge in [-0.25, -0.2) is 27.2 Å². The summed E-state index contributed by atoms with van der Waals surface area (Å²) < 4.78 is 59.4. The molecule has 2 saturated heterocycles. The predicted octanol–water partition coefficient (Wildman–Crippen LogP) is 3.47. The number of carbonyl (C=O) groups is 1. The number of ether oxygens (including phenoxy) is 1. The molecule has 0 spiro atoms. The van der Waals surface area contributed by atoms with Crippen LogP contribution in [-0.2, 0) is 32.0 Å². The number of alkyl halides is 2. The molecule has 1 atom stereocenters. The molecule has 0 aliphatic carbocycles. The maximum Gasteiger partial charge on any atom is 0.323 e. The molecule has 6 rings (SSSR count). The third-order valence-corrected chi connectivity index (χ3v) is 10.1. The van der Waals surface area contributed by atoms with E-state index in [0.29, 0.717) is 43.2 Å². The Morgan fingerprint density at radius 3 is 2.32 bits per heavy atom. The van der Waals surface area contributed by atoms with E-state index in [1.54, 1.807) is 53.8 Å². The first-order valence-electron chi connectivity index (χ1n) is 15.2. The molecule has 0 bridgehead atoms. The number of morpholine rings is 1. The van der Waals surface area contributed by atoms with Crippen molar-refractivity contribution in [3.8, 4) is 0 Å². The van der Waals surface area contributed by atoms with Crippen molar-refractivity contribution in [1.29, 1.82) is 0 Å². The summed E-state index contributed by atoms with van der Waals surface area (Å²) in [5.41, 5.74) is 8.46. The third kappa shape index (κ3) is 7.81. The van der Waals surface area contributed by atoms with Gasteiger partial charge in [-0.2, -0.15) is 4.31 Å². The quantitative estimate of drug-likeness (QED) is 0.283. The van der Waals surface area contributed by atoms with Crippen LogP contribution in [0.5, 0.6) is 0 Å². The van der Waals surface area contributed by atoms with Gasteiger partial charge < -0.3 is 25.4 Å². The van der Waals surface area contributed by atoms with Crippen LogP contribution in [0.2, 0.25) is 0 Å². The molecule has 4 heterocycles. The number of aromatic nitrogens is 3. The van der Waals surface area contributed by atoms with E-state index in [1.165, 1.54) is 31.2 Å². The highest BCUT2D eigenvalue weighted by Crippen LogP contribution is 2.31. The highest BCUT2D eigenvalue weighted by molar-refractivity contribution is 7.89. The van der Waals surface area contributed by atoms with Crippen molar-refractivity contribution >= 4 is 38.5 Å². The number of aliphatic carboxylic acids is 1. The first-order valence-corrected chi connectivity index (χ1v) is 16.6. The predicted molar refractivity (Wildman–Crippen MR) is 173 cm³/mol. The Morgan fingerprint density at radius 2 is 1.68 bits per heavy atom. The number of fused-ring (bicyclic) bond motifs is 1. The second kappa shape index (κ2) is 14.6. The standard InChI is InChI=1S/C22H24N6O5S.C10H13F2N/c29-22(30)20-15-27(21-14-24-19-13-23-6-5-18(19)25-21)7-8-28(20)34(31,32)17-3-1-16(2-4-17)26-9-11-33-12-10-26;1-2-10(11,12)9-5-3-8(7-13)4-6-9/h1-6,13-14,20H,7-12,15H2,(H,29,30);3-6H,2,7,13H2,1H3/t20-;/m1./s1. The Kier molecular flexibility index (Phi) is 10.6. The van der Waals surface area contributed by atoms with E-state index in [9.17, 15) is 27.1 Å². The number of hydrogen-bond donors (Lipinski definition) is 2. The highest BCUT2D eigenvalue weighted by Gasteiger charge is 2.40. The van der Waals surface area contributed by atoms with Gasteiger partial charge in [-0.05, 0) is 35.9 Å². The van der Waals surface area contributed by atoms with Gasteiger partial charge in [0.25, 0.3) is 5.92 Å². The minimum Gasteiger partial charge on any atom is -0.480 e. The lowest BCUT2D eigenvalue weighted by molar-refractivity contribution is -0.141. The normalized spacial score (nSPS) is 17.7. The van der Waals surface area contributed by atoms with E-state index >= 15 is 0 Å². The largest absolute Gasteiger partial charge is 0.480 e. The second-order valence-electron chi connectivity index (χ2n) is 11.1. The summed E-state index contributed by atoms with van der Waals surface area (Å²) >= 11 is 0.